The molecule has 1 radical (unpaired) electrons. The molecule has 0 aromatic heterocycles. The Morgan fingerprint density at radius 2 is 1.72 bits per heavy atom. The number of aliphatic carboxylic acids is 1. The molecule has 4 rings (SSSR count). The van der Waals surface area contributed by atoms with E-state index in [1.54, 1.807) is 7.11 Å². The van der Waals surface area contributed by atoms with Crippen LogP contribution in [0.5, 0.6) is 11.5 Å². The van der Waals surface area contributed by atoms with Gasteiger partial charge in [0, 0.05) is 17.1 Å². The maximum atomic E-state index is 13.0. The van der Waals surface area contributed by atoms with Gasteiger partial charge in [-0.3, -0.25) is 0 Å². The van der Waals surface area contributed by atoms with Gasteiger partial charge in [-0.2, -0.15) is 0 Å². The van der Waals surface area contributed by atoms with Crippen molar-refractivity contribution in [2.75, 3.05) is 7.11 Å². The number of methoxy groups -OCH3 is 1. The van der Waals surface area contributed by atoms with Crippen LogP contribution in [0, 0.1) is 0 Å². The molecule has 1 atom stereocenters. The molecule has 1 aliphatic carbocycles. The van der Waals surface area contributed by atoms with Crippen molar-refractivity contribution in [3.63, 3.8) is 0 Å². The lowest BCUT2D eigenvalue weighted by Gasteiger charge is -2.23. The van der Waals surface area contributed by atoms with E-state index < -0.39 is 15.0 Å². The maximum Gasteiger partial charge on any atom is 0.333 e. The zero-order chi connectivity index (χ0) is 26.2. The third kappa shape index (κ3) is 4.72. The number of benzene rings is 3. The summed E-state index contributed by atoms with van der Waals surface area (Å²) in [5.74, 6) is 0.221. The molecule has 3 aromatic carbocycles. The Hall–Kier alpha value is -3.31. The quantitative estimate of drug-likeness (QED) is 0.349. The Kier molecular flexibility index (Phi) is 7.14. The van der Waals surface area contributed by atoms with E-state index in [4.69, 9.17) is 9.16 Å². The fraction of sp³-hybridized carbons (Fsp3) is 0.323. The molecule has 0 aliphatic heterocycles. The molecule has 187 valence electrons. The molecule has 0 saturated carbocycles. The molecule has 0 spiro atoms. The summed E-state index contributed by atoms with van der Waals surface area (Å²) in [6.07, 6.45) is 0.807. The van der Waals surface area contributed by atoms with Gasteiger partial charge in [-0.25, -0.2) is 4.79 Å². The first-order chi connectivity index (χ1) is 17.1. The standard InChI is InChI=1S/C31H35O4Si/c1-8-19-10-9-11-24-26(19)28(23-17-14-21(31(2,3)4)18-25(23)35-36(6)7)29(30(32)33)27(24)20-12-15-22(34-5)16-13-20/h9-18,27H,8H2,1-7H3,(H,32,33). The highest BCUT2D eigenvalue weighted by Gasteiger charge is 2.39. The Bertz CT molecular complexity index is 1310. The lowest BCUT2D eigenvalue weighted by atomic mass is 9.84. The average Bonchev–Trinajstić information content (AvgIpc) is 3.18. The summed E-state index contributed by atoms with van der Waals surface area (Å²) in [5, 5.41) is 10.7. The van der Waals surface area contributed by atoms with Crippen molar-refractivity contribution >= 4 is 20.6 Å². The van der Waals surface area contributed by atoms with Gasteiger partial charge in [0.1, 0.15) is 11.5 Å². The molecule has 36 heavy (non-hydrogen) atoms. The number of rotatable bonds is 7. The summed E-state index contributed by atoms with van der Waals surface area (Å²) < 4.78 is 11.8. The van der Waals surface area contributed by atoms with E-state index in [-0.39, 0.29) is 11.3 Å². The Labute approximate surface area is 216 Å². The molecule has 0 saturated heterocycles. The highest BCUT2D eigenvalue weighted by molar-refractivity contribution is 6.49. The molecule has 1 N–H and O–H groups in total. The topological polar surface area (TPSA) is 55.8 Å². The Balaban J connectivity index is 2.06. The van der Waals surface area contributed by atoms with Crippen molar-refractivity contribution < 1.29 is 19.1 Å². The Morgan fingerprint density at radius 1 is 1.03 bits per heavy atom. The second-order valence-corrected chi connectivity index (χ2v) is 12.5. The minimum atomic E-state index is -1.09. The van der Waals surface area contributed by atoms with E-state index in [1.165, 1.54) is 0 Å². The maximum absolute atomic E-state index is 13.0. The lowest BCUT2D eigenvalue weighted by Crippen LogP contribution is -2.16. The molecule has 1 unspecified atom stereocenters. The third-order valence-electron chi connectivity index (χ3n) is 6.79. The predicted octanol–water partition coefficient (Wildman–Crippen LogP) is 7.22. The van der Waals surface area contributed by atoms with E-state index >= 15 is 0 Å². The zero-order valence-electron chi connectivity index (χ0n) is 22.2. The summed E-state index contributed by atoms with van der Waals surface area (Å²) in [4.78, 5) is 13.0. The lowest BCUT2D eigenvalue weighted by molar-refractivity contribution is -0.132. The second kappa shape index (κ2) is 9.98. The van der Waals surface area contributed by atoms with Gasteiger partial charge in [0.2, 0.25) is 0 Å². The first-order valence-corrected chi connectivity index (χ1v) is 14.8. The van der Waals surface area contributed by atoms with Gasteiger partial charge in [-0.05, 0) is 70.9 Å². The van der Waals surface area contributed by atoms with Crippen LogP contribution in [0.15, 0.2) is 66.2 Å². The van der Waals surface area contributed by atoms with Crippen molar-refractivity contribution in [2.24, 2.45) is 0 Å². The minimum Gasteiger partial charge on any atom is -0.542 e. The SMILES string of the molecule is CCc1cccc2c1C(c1ccc(C(C)(C)C)cc1O[Si](C)C)=C(C(=O)O)C2c1ccc(OC)cc1. The van der Waals surface area contributed by atoms with Gasteiger partial charge in [0.05, 0.1) is 12.7 Å². The average molecular weight is 500 g/mol. The fourth-order valence-corrected chi connectivity index (χ4v) is 5.66. The smallest absolute Gasteiger partial charge is 0.333 e. The summed E-state index contributed by atoms with van der Waals surface area (Å²) in [5.41, 5.74) is 7.25. The molecular formula is C31H35O4Si. The third-order valence-corrected chi connectivity index (χ3v) is 7.42. The number of carboxylic acid groups (broad SMARTS) is 1. The van der Waals surface area contributed by atoms with Crippen molar-refractivity contribution in [1.29, 1.82) is 0 Å². The molecule has 3 aromatic rings. The van der Waals surface area contributed by atoms with Crippen molar-refractivity contribution in [3.05, 3.63) is 99.6 Å². The molecule has 4 nitrogen and oxygen atoms in total. The second-order valence-electron chi connectivity index (χ2n) is 10.5. The summed E-state index contributed by atoms with van der Waals surface area (Å²) in [6.45, 7) is 12.9. The van der Waals surface area contributed by atoms with Gasteiger partial charge in [-0.1, -0.05) is 70.2 Å². The van der Waals surface area contributed by atoms with Crippen LogP contribution in [0.3, 0.4) is 0 Å². The number of ether oxygens (including phenoxy) is 1. The van der Waals surface area contributed by atoms with Crippen molar-refractivity contribution in [2.45, 2.75) is 58.5 Å². The molecular weight excluding hydrogens is 464 g/mol. The van der Waals surface area contributed by atoms with Crippen LogP contribution in [0.25, 0.3) is 5.57 Å². The highest BCUT2D eigenvalue weighted by atomic mass is 28.3. The fourth-order valence-electron chi connectivity index (χ4n) is 5.05. The van der Waals surface area contributed by atoms with E-state index in [1.807, 2.05) is 30.3 Å². The van der Waals surface area contributed by atoms with Crippen LogP contribution >= 0.6 is 0 Å². The highest BCUT2D eigenvalue weighted by Crippen LogP contribution is 2.51. The molecule has 0 amide bonds. The predicted molar refractivity (Wildman–Crippen MR) is 148 cm³/mol. The van der Waals surface area contributed by atoms with Crippen LogP contribution in [0.2, 0.25) is 13.1 Å². The minimum absolute atomic E-state index is 0.0528. The van der Waals surface area contributed by atoms with Crippen LogP contribution in [0.1, 0.15) is 67.0 Å². The van der Waals surface area contributed by atoms with E-state index in [2.05, 4.69) is 71.1 Å². The molecule has 0 heterocycles. The number of fused-ring (bicyclic) bond motifs is 1. The molecule has 5 heteroatoms. The number of aryl methyl sites for hydroxylation is 1. The number of hydrogen-bond donors (Lipinski definition) is 1. The normalized spacial score (nSPS) is 15.3. The number of hydrogen-bond acceptors (Lipinski definition) is 3. The van der Waals surface area contributed by atoms with E-state index in [9.17, 15) is 9.90 Å². The molecule has 0 bridgehead atoms. The first kappa shape index (κ1) is 25.8. The van der Waals surface area contributed by atoms with Crippen LogP contribution in [-0.4, -0.2) is 27.2 Å². The summed E-state index contributed by atoms with van der Waals surface area (Å²) in [7, 11) is 0.548. The van der Waals surface area contributed by atoms with Gasteiger partial charge in [0.25, 0.3) is 9.04 Å². The van der Waals surface area contributed by atoms with Crippen LogP contribution in [0.4, 0.5) is 0 Å². The van der Waals surface area contributed by atoms with Gasteiger partial charge in [0.15, 0.2) is 0 Å². The van der Waals surface area contributed by atoms with E-state index in [0.29, 0.717) is 5.57 Å². The van der Waals surface area contributed by atoms with Crippen LogP contribution < -0.4 is 9.16 Å². The van der Waals surface area contributed by atoms with Crippen molar-refractivity contribution in [1.82, 2.24) is 0 Å². The summed E-state index contributed by atoms with van der Waals surface area (Å²) >= 11 is 0. The first-order valence-electron chi connectivity index (χ1n) is 12.4. The number of carbonyl (C=O) groups is 1. The van der Waals surface area contributed by atoms with E-state index in [0.717, 1.165) is 56.9 Å². The Morgan fingerprint density at radius 3 is 2.28 bits per heavy atom. The van der Waals surface area contributed by atoms with Gasteiger partial charge < -0.3 is 14.3 Å². The monoisotopic (exact) mass is 499 g/mol. The largest absolute Gasteiger partial charge is 0.542 e. The van der Waals surface area contributed by atoms with Gasteiger partial charge >= 0.3 is 5.97 Å². The van der Waals surface area contributed by atoms with Crippen molar-refractivity contribution in [3.8, 4) is 11.5 Å². The van der Waals surface area contributed by atoms with Crippen LogP contribution in [-0.2, 0) is 16.6 Å². The number of carboxylic acids is 1. The summed E-state index contributed by atoms with van der Waals surface area (Å²) in [6, 6.07) is 20.2. The van der Waals surface area contributed by atoms with Gasteiger partial charge in [-0.15, -0.1) is 0 Å². The molecule has 0 fully saturated rings. The molecule has 1 aliphatic rings. The zero-order valence-corrected chi connectivity index (χ0v) is 23.2.